The number of nitrogens with one attached hydrogen (secondary N) is 1. The van der Waals surface area contributed by atoms with Gasteiger partial charge in [0.2, 0.25) is 0 Å². The molecule has 106 heavy (non-hydrogen) atoms. The van der Waals surface area contributed by atoms with Crippen LogP contribution in [0.5, 0.6) is 46.0 Å². The van der Waals surface area contributed by atoms with Crippen LogP contribution in [0.3, 0.4) is 0 Å². The Bertz CT molecular complexity index is 4880. The number of ketones is 2. The number of rotatable bonds is 21. The largest absolute Gasteiger partial charge is 1.00 e. The number of amides is 1. The van der Waals surface area contributed by atoms with Crippen molar-refractivity contribution in [3.8, 4) is 57.3 Å². The van der Waals surface area contributed by atoms with Crippen LogP contribution in [-0.4, -0.2) is 107 Å². The van der Waals surface area contributed by atoms with Crippen molar-refractivity contribution in [3.63, 3.8) is 0 Å². The molecule has 0 fully saturated rings. The second kappa shape index (κ2) is 46.5. The van der Waals surface area contributed by atoms with Gasteiger partial charge < -0.3 is 68.6 Å². The maximum atomic E-state index is 12.4. The minimum absolute atomic E-state index is 0. The number of thiazole rings is 1. The number of fused-ring (bicyclic) bond motifs is 2. The number of methoxy groups -OCH3 is 8. The summed E-state index contributed by atoms with van der Waals surface area (Å²) in [5.41, 5.74) is 16.7. The number of para-hydroxylation sites is 4. The molecule has 0 aliphatic rings. The molecule has 548 valence electrons. The Morgan fingerprint density at radius 1 is 0.585 bits per heavy atom. The number of Topliss-reactive ketones (excluding diaryl/α,β-unsaturated/α-hetero) is 2. The molecule has 0 unspecified atom stereocenters. The number of alkyl halides is 1. The molecule has 11 rings (SSSR count). The van der Waals surface area contributed by atoms with E-state index in [1.807, 2.05) is 104 Å². The number of carbonyl (C=O) groups excluding carboxylic acids is 3. The molecule has 0 spiro atoms. The molecule has 3 aromatic heterocycles. The standard InChI is InChI=1S/C20H15ClN2O4S.C18H18O3S.C11H6BrClO3.C10H13NO2S.C9H7NOS.C8H11NO2.CH3O.Na/c1-25-15-7-4-8-16(26-2)17(15)23-20-22-14(10-28-20)12-9-11-5-3-6-13(21)18(11)27-19(12)24;1-20-17-9-6-10-18(21-2)15(17)11-14(22)12-16(19)13-7-4-3-5-8-13;12-5-9(14)7-4-6-2-1-3-8(13)10(6)16-11(7)15;1-12-8-4-3-5-9(13-2)7(8)6-10(11)14;1-7-4-2-3-5-8(7)9(11)10-6-12;1-10-6-4-3-5-7(11-2)8(6)9;1-2;/h3-10H,1-2H3,(H,22,23);3-10H,11-12H2,1-2H3;1-4H,5H2;3-5H,6H2,1-2H3,(H2,11,14);2-5H,1H3;3-5H,9H2,1-2H3;1H3;/q;;;;;;-1;+1. The van der Waals surface area contributed by atoms with E-state index in [2.05, 4.69) is 48.6 Å². The van der Waals surface area contributed by atoms with E-state index in [0.29, 0.717) is 123 Å². The fourth-order valence-corrected chi connectivity index (χ4v) is 11.5. The third-order valence-electron chi connectivity index (χ3n) is 14.5. The van der Waals surface area contributed by atoms with Gasteiger partial charge >= 0.3 is 40.8 Å². The zero-order valence-corrected chi connectivity index (χ0v) is 67.9. The zero-order chi connectivity index (χ0) is 77.1. The number of benzene rings is 8. The van der Waals surface area contributed by atoms with E-state index >= 15 is 0 Å². The molecule has 21 nitrogen and oxygen atoms in total. The zero-order valence-electron chi connectivity index (χ0n) is 59.5. The number of carbonyl (C=O) groups is 3. The molecule has 0 saturated heterocycles. The Kier molecular flexibility index (Phi) is 39.1. The van der Waals surface area contributed by atoms with E-state index in [1.54, 1.807) is 135 Å². The van der Waals surface area contributed by atoms with E-state index in [4.69, 9.17) is 111 Å². The van der Waals surface area contributed by atoms with Crippen LogP contribution < -0.4 is 101 Å². The number of nitrogen functional groups attached to an aromatic ring is 1. The number of hydrogen-bond acceptors (Lipinski definition) is 23. The summed E-state index contributed by atoms with van der Waals surface area (Å²) in [4.78, 5) is 67.7. The van der Waals surface area contributed by atoms with Gasteiger partial charge in [-0.1, -0.05) is 161 Å². The molecule has 1 amide bonds. The molecule has 0 aliphatic heterocycles. The van der Waals surface area contributed by atoms with Crippen molar-refractivity contribution in [2.45, 2.75) is 26.2 Å². The summed E-state index contributed by atoms with van der Waals surface area (Å²) in [5.74, 6) is 4.84. The average molecular weight is 1630 g/mol. The van der Waals surface area contributed by atoms with E-state index in [9.17, 15) is 24.0 Å². The van der Waals surface area contributed by atoms with Crippen LogP contribution >= 0.6 is 87.1 Å². The molecule has 8 aromatic carbocycles. The van der Waals surface area contributed by atoms with Gasteiger partial charge in [-0.05, 0) is 104 Å². The number of aromatic nitrogens is 1. The molecule has 29 heteroatoms. The maximum absolute atomic E-state index is 12.4. The van der Waals surface area contributed by atoms with Crippen molar-refractivity contribution >= 4 is 158 Å². The Morgan fingerprint density at radius 2 is 1.02 bits per heavy atom. The van der Waals surface area contributed by atoms with Gasteiger partial charge in [0.25, 0.3) is 5.91 Å². The minimum atomic E-state index is -0.662. The van der Waals surface area contributed by atoms with Crippen LogP contribution in [0, 0.1) is 6.92 Å². The van der Waals surface area contributed by atoms with Gasteiger partial charge in [-0.15, -0.1) is 11.3 Å². The van der Waals surface area contributed by atoms with Crippen molar-refractivity contribution in [3.05, 3.63) is 246 Å². The molecule has 5 N–H and O–H groups in total. The fourth-order valence-electron chi connectivity index (χ4n) is 9.54. The third-order valence-corrected chi connectivity index (χ3v) is 16.9. The predicted octanol–water partition coefficient (Wildman–Crippen LogP) is 13.3. The SMILES string of the molecule is COc1cccc(OC)c1CC(=S)CC(=O)c1ccccc1.COc1cccc(OC)c1CC(N)=S.COc1cccc(OC)c1N.COc1cccc(OC)c1Nc1nc(-c2cc3cccc(Cl)c3oc2=O)cs1.C[O-].Cc1ccccc1C(=O)N=C=S.O=C(CBr)c1cc2cccc(Cl)c2oc1=O.[Na+]. The minimum Gasteiger partial charge on any atom is -0.857 e. The van der Waals surface area contributed by atoms with Crippen LogP contribution in [0.4, 0.5) is 16.5 Å². The summed E-state index contributed by atoms with van der Waals surface area (Å²) >= 11 is 30.9. The molecule has 0 bridgehead atoms. The number of ether oxygens (including phenoxy) is 8. The first-order chi connectivity index (χ1) is 50.6. The van der Waals surface area contributed by atoms with E-state index < -0.39 is 11.3 Å². The van der Waals surface area contributed by atoms with Gasteiger partial charge in [0.15, 0.2) is 27.9 Å². The van der Waals surface area contributed by atoms with Crippen LogP contribution in [0.25, 0.3) is 33.2 Å². The molecule has 0 radical (unpaired) electrons. The summed E-state index contributed by atoms with van der Waals surface area (Å²) < 4.78 is 52.2. The number of aryl methyl sites for hydroxylation is 1. The summed E-state index contributed by atoms with van der Waals surface area (Å²) in [7, 11) is 13.5. The number of hydrogen-bond donors (Lipinski definition) is 3. The Labute approximate surface area is 673 Å². The first-order valence-electron chi connectivity index (χ1n) is 30.9. The van der Waals surface area contributed by atoms with Gasteiger partial charge in [-0.2, -0.15) is 12.1 Å². The number of halogens is 3. The summed E-state index contributed by atoms with van der Waals surface area (Å²) in [6.45, 7) is 1.85. The van der Waals surface area contributed by atoms with Gasteiger partial charge in [-0.25, -0.2) is 14.6 Å². The van der Waals surface area contributed by atoms with Crippen LogP contribution in [-0.2, 0) is 12.8 Å². The summed E-state index contributed by atoms with van der Waals surface area (Å²) in [6, 6.07) is 52.1. The Hall–Kier alpha value is -9.38. The Balaban J connectivity index is 0.000000276. The van der Waals surface area contributed by atoms with Crippen molar-refractivity contribution in [1.29, 1.82) is 0 Å². The fraction of sp³-hybridized carbons (Fsp3) is 0.182. The number of isothiocyanates is 1. The second-order valence-electron chi connectivity index (χ2n) is 21.0. The summed E-state index contributed by atoms with van der Waals surface area (Å²) in [5, 5.41) is 18.1. The molecule has 0 aliphatic carbocycles. The topological polar surface area (TPSA) is 298 Å². The third kappa shape index (κ3) is 25.7. The van der Waals surface area contributed by atoms with E-state index in [-0.39, 0.29) is 64.3 Å². The second-order valence-corrected chi connectivity index (χ2v) is 24.5. The average Bonchev–Trinajstić information content (AvgIpc) is 1.46. The van der Waals surface area contributed by atoms with E-state index in [1.165, 1.54) is 17.4 Å². The quantitative estimate of drug-likeness (QED) is 0.0114. The molecular formula is C77H73BrCl2N5NaO16S4. The molecular weight excluding hydrogens is 1550 g/mol. The molecule has 0 saturated carbocycles. The number of anilines is 3. The monoisotopic (exact) mass is 1620 g/mol. The van der Waals surface area contributed by atoms with Gasteiger partial charge in [-0.3, -0.25) is 14.4 Å². The number of nitrogens with two attached hydrogens (primary N) is 2. The van der Waals surface area contributed by atoms with Gasteiger partial charge in [0.1, 0.15) is 62.9 Å². The van der Waals surface area contributed by atoms with Crippen molar-refractivity contribution in [1.82, 2.24) is 4.98 Å². The molecule has 0 atom stereocenters. The maximum Gasteiger partial charge on any atom is 1.00 e. The van der Waals surface area contributed by atoms with Crippen molar-refractivity contribution < 1.29 is 95.8 Å². The predicted molar refractivity (Wildman–Crippen MR) is 429 cm³/mol. The number of thiocarbonyl (C=S) groups is 3. The van der Waals surface area contributed by atoms with Crippen molar-refractivity contribution in [2.75, 3.05) is 80.4 Å². The van der Waals surface area contributed by atoms with Crippen LogP contribution in [0.2, 0.25) is 10.0 Å². The van der Waals surface area contributed by atoms with Crippen LogP contribution in [0.1, 0.15) is 54.2 Å². The normalized spacial score (nSPS) is 9.83. The molecule has 3 heterocycles. The van der Waals surface area contributed by atoms with Crippen molar-refractivity contribution in [2.24, 2.45) is 10.7 Å². The molecule has 11 aromatic rings. The first kappa shape index (κ1) is 89.0. The first-order valence-corrected chi connectivity index (χ1v) is 34.9. The van der Waals surface area contributed by atoms with Crippen LogP contribution in [0.15, 0.2) is 205 Å². The number of nitrogens with zero attached hydrogens (tertiary/aromatic N) is 2. The van der Waals surface area contributed by atoms with Gasteiger partial charge in [0, 0.05) is 62.5 Å². The smallest absolute Gasteiger partial charge is 0.857 e. The van der Waals surface area contributed by atoms with E-state index in [0.717, 1.165) is 40.7 Å². The summed E-state index contributed by atoms with van der Waals surface area (Å²) in [6.07, 6.45) is 1.20. The number of aliphatic imine (C=N–C) groups is 1. The van der Waals surface area contributed by atoms with Gasteiger partial charge in [0.05, 0.1) is 93.7 Å². The Morgan fingerprint density at radius 3 is 1.48 bits per heavy atom.